The third-order valence-electron chi connectivity index (χ3n) is 4.53. The zero-order chi connectivity index (χ0) is 14.2. The molecule has 0 spiro atoms. The molecule has 0 aliphatic heterocycles. The molecule has 20 heavy (non-hydrogen) atoms. The summed E-state index contributed by atoms with van der Waals surface area (Å²) in [6, 6.07) is 10.2. The van der Waals surface area contributed by atoms with E-state index in [-0.39, 0.29) is 12.5 Å². The van der Waals surface area contributed by atoms with E-state index in [2.05, 4.69) is 17.4 Å². The Hall–Kier alpha value is -1.84. The summed E-state index contributed by atoms with van der Waals surface area (Å²) in [4.78, 5) is 22.9. The lowest BCUT2D eigenvalue weighted by Crippen LogP contribution is -2.34. The van der Waals surface area contributed by atoms with Crippen molar-refractivity contribution in [3.05, 3.63) is 35.9 Å². The summed E-state index contributed by atoms with van der Waals surface area (Å²) in [5.41, 5.74) is 0.632. The monoisotopic (exact) mass is 273 g/mol. The van der Waals surface area contributed by atoms with Crippen LogP contribution in [0.3, 0.4) is 0 Å². The number of rotatable bonds is 6. The van der Waals surface area contributed by atoms with Gasteiger partial charge in [-0.05, 0) is 36.7 Å². The van der Waals surface area contributed by atoms with E-state index in [4.69, 9.17) is 5.11 Å². The van der Waals surface area contributed by atoms with E-state index in [0.29, 0.717) is 31.1 Å². The molecule has 2 fully saturated rings. The number of carbonyl (C=O) groups excluding carboxylic acids is 1. The largest absolute Gasteiger partial charge is 0.481 e. The quantitative estimate of drug-likeness (QED) is 0.834. The van der Waals surface area contributed by atoms with Gasteiger partial charge in [-0.1, -0.05) is 30.3 Å². The number of carbonyl (C=O) groups is 2. The highest BCUT2D eigenvalue weighted by Gasteiger charge is 2.50. The highest BCUT2D eigenvalue weighted by Crippen LogP contribution is 2.49. The number of carboxylic acid groups (broad SMARTS) is 1. The Bertz CT molecular complexity index is 522. The Kier molecular flexibility index (Phi) is 3.24. The Morgan fingerprint density at radius 1 is 1.25 bits per heavy atom. The van der Waals surface area contributed by atoms with Crippen molar-refractivity contribution < 1.29 is 14.7 Å². The fraction of sp³-hybridized carbons (Fsp3) is 0.500. The van der Waals surface area contributed by atoms with E-state index >= 15 is 0 Å². The molecule has 4 nitrogen and oxygen atoms in total. The summed E-state index contributed by atoms with van der Waals surface area (Å²) in [7, 11) is 0. The van der Waals surface area contributed by atoms with Crippen LogP contribution in [0.4, 0.5) is 0 Å². The van der Waals surface area contributed by atoms with Crippen molar-refractivity contribution in [1.82, 2.24) is 5.32 Å². The third kappa shape index (κ3) is 2.69. The lowest BCUT2D eigenvalue weighted by Gasteiger charge is -2.11. The average Bonchev–Trinajstić information content (AvgIpc) is 3.33. The second kappa shape index (κ2) is 4.93. The number of hydrogen-bond donors (Lipinski definition) is 2. The number of aliphatic carboxylic acids is 1. The highest BCUT2D eigenvalue weighted by molar-refractivity contribution is 5.81. The van der Waals surface area contributed by atoms with Gasteiger partial charge in [0, 0.05) is 13.0 Å². The normalized spacial score (nSPS) is 25.8. The zero-order valence-corrected chi connectivity index (χ0v) is 11.3. The molecule has 2 saturated carbocycles. The van der Waals surface area contributed by atoms with Crippen LogP contribution >= 0.6 is 0 Å². The second-order valence-electron chi connectivity index (χ2n) is 6.08. The van der Waals surface area contributed by atoms with Gasteiger partial charge in [0.05, 0.1) is 5.41 Å². The van der Waals surface area contributed by atoms with Crippen molar-refractivity contribution in [2.24, 2.45) is 11.3 Å². The van der Waals surface area contributed by atoms with E-state index in [1.54, 1.807) is 0 Å². The van der Waals surface area contributed by atoms with E-state index < -0.39 is 11.4 Å². The first kappa shape index (κ1) is 13.2. The van der Waals surface area contributed by atoms with Gasteiger partial charge in [-0.25, -0.2) is 0 Å². The topological polar surface area (TPSA) is 66.4 Å². The van der Waals surface area contributed by atoms with Crippen LogP contribution in [0.5, 0.6) is 0 Å². The molecule has 0 radical (unpaired) electrons. The number of carboxylic acids is 1. The van der Waals surface area contributed by atoms with Crippen molar-refractivity contribution in [1.29, 1.82) is 0 Å². The van der Waals surface area contributed by atoms with Crippen LogP contribution in [0, 0.1) is 11.3 Å². The Morgan fingerprint density at radius 2 is 1.95 bits per heavy atom. The summed E-state index contributed by atoms with van der Waals surface area (Å²) in [6.45, 7) is 0.282. The second-order valence-corrected chi connectivity index (χ2v) is 6.08. The van der Waals surface area contributed by atoms with Gasteiger partial charge in [0.1, 0.15) is 0 Å². The first-order chi connectivity index (χ1) is 9.61. The predicted molar refractivity (Wildman–Crippen MR) is 74.2 cm³/mol. The Labute approximate surface area is 118 Å². The number of benzene rings is 1. The maximum Gasteiger partial charge on any atom is 0.311 e. The fourth-order valence-corrected chi connectivity index (χ4v) is 2.78. The molecule has 0 aromatic heterocycles. The lowest BCUT2D eigenvalue weighted by molar-refractivity contribution is -0.143. The Balaban J connectivity index is 1.44. The van der Waals surface area contributed by atoms with Gasteiger partial charge in [-0.3, -0.25) is 9.59 Å². The highest BCUT2D eigenvalue weighted by atomic mass is 16.4. The Morgan fingerprint density at radius 3 is 2.55 bits per heavy atom. The number of amides is 1. The summed E-state index contributed by atoms with van der Waals surface area (Å²) in [5, 5.41) is 11.8. The summed E-state index contributed by atoms with van der Waals surface area (Å²) in [6.07, 6.45) is 2.92. The molecule has 106 valence electrons. The molecule has 2 aliphatic carbocycles. The van der Waals surface area contributed by atoms with Crippen LogP contribution < -0.4 is 5.32 Å². The summed E-state index contributed by atoms with van der Waals surface area (Å²) < 4.78 is 0. The fourth-order valence-electron chi connectivity index (χ4n) is 2.78. The molecule has 2 atom stereocenters. The first-order valence-electron chi connectivity index (χ1n) is 7.16. The van der Waals surface area contributed by atoms with Crippen molar-refractivity contribution in [3.63, 3.8) is 0 Å². The van der Waals surface area contributed by atoms with Gasteiger partial charge in [0.2, 0.25) is 5.91 Å². The first-order valence-corrected chi connectivity index (χ1v) is 7.16. The standard InChI is InChI=1S/C16H19NO3/c18-14(17-10-16(6-7-16)15(19)20)9-12-8-13(12)11-4-2-1-3-5-11/h1-5,12-13H,6-10H2,(H,17,18)(H,19,20)/t12-,13-/m0/s1. The van der Waals surface area contributed by atoms with E-state index in [9.17, 15) is 9.59 Å². The van der Waals surface area contributed by atoms with Crippen LogP contribution in [0.25, 0.3) is 0 Å². The molecule has 3 rings (SSSR count). The smallest absolute Gasteiger partial charge is 0.311 e. The number of nitrogens with one attached hydrogen (secondary N) is 1. The van der Waals surface area contributed by atoms with Crippen LogP contribution in [0.15, 0.2) is 30.3 Å². The molecule has 0 saturated heterocycles. The number of hydrogen-bond acceptors (Lipinski definition) is 2. The van der Waals surface area contributed by atoms with Crippen LogP contribution in [-0.4, -0.2) is 23.5 Å². The van der Waals surface area contributed by atoms with E-state index in [0.717, 1.165) is 6.42 Å². The zero-order valence-electron chi connectivity index (χ0n) is 11.3. The molecule has 0 bridgehead atoms. The molecule has 1 aromatic rings. The van der Waals surface area contributed by atoms with Gasteiger partial charge in [0.25, 0.3) is 0 Å². The predicted octanol–water partition coefficient (Wildman–Crippen LogP) is 2.16. The SMILES string of the molecule is O=C(C[C@@H]1C[C@H]1c1ccccc1)NCC1(C(=O)O)CC1. The minimum Gasteiger partial charge on any atom is -0.481 e. The minimum atomic E-state index is -0.786. The van der Waals surface area contributed by atoms with Gasteiger partial charge < -0.3 is 10.4 Å². The van der Waals surface area contributed by atoms with E-state index in [1.165, 1.54) is 5.56 Å². The third-order valence-corrected chi connectivity index (χ3v) is 4.53. The molecule has 1 aromatic carbocycles. The molecule has 2 aliphatic rings. The van der Waals surface area contributed by atoms with Crippen molar-refractivity contribution >= 4 is 11.9 Å². The average molecular weight is 273 g/mol. The van der Waals surface area contributed by atoms with Crippen LogP contribution in [0.1, 0.15) is 37.2 Å². The van der Waals surface area contributed by atoms with E-state index in [1.807, 2.05) is 18.2 Å². The minimum absolute atomic E-state index is 0.0130. The summed E-state index contributed by atoms with van der Waals surface area (Å²) >= 11 is 0. The molecule has 4 heteroatoms. The summed E-state index contributed by atoms with van der Waals surface area (Å²) in [5.74, 6) is 0.112. The molecular formula is C16H19NO3. The molecule has 0 heterocycles. The maximum absolute atomic E-state index is 11.9. The van der Waals surface area contributed by atoms with Crippen molar-refractivity contribution in [3.8, 4) is 0 Å². The molecule has 0 unspecified atom stereocenters. The van der Waals surface area contributed by atoms with Crippen molar-refractivity contribution in [2.75, 3.05) is 6.54 Å². The molecular weight excluding hydrogens is 254 g/mol. The van der Waals surface area contributed by atoms with Gasteiger partial charge in [-0.15, -0.1) is 0 Å². The lowest BCUT2D eigenvalue weighted by atomic mass is 10.1. The van der Waals surface area contributed by atoms with Gasteiger partial charge >= 0.3 is 5.97 Å². The van der Waals surface area contributed by atoms with Crippen LogP contribution in [-0.2, 0) is 9.59 Å². The molecule has 2 N–H and O–H groups in total. The van der Waals surface area contributed by atoms with Crippen LogP contribution in [0.2, 0.25) is 0 Å². The van der Waals surface area contributed by atoms with Gasteiger partial charge in [0.15, 0.2) is 0 Å². The maximum atomic E-state index is 11.9. The van der Waals surface area contributed by atoms with Crippen molar-refractivity contribution in [2.45, 2.75) is 31.6 Å². The van der Waals surface area contributed by atoms with Gasteiger partial charge in [-0.2, -0.15) is 0 Å². The molecule has 1 amide bonds.